The highest BCUT2D eigenvalue weighted by Gasteiger charge is 2.23. The van der Waals surface area contributed by atoms with Gasteiger partial charge in [-0.1, -0.05) is 0 Å². The molecule has 1 aliphatic carbocycles. The molecular formula is C16H20N4O. The number of carbonyl (C=O) groups is 1. The van der Waals surface area contributed by atoms with Crippen LogP contribution in [0.15, 0.2) is 30.5 Å². The molecule has 21 heavy (non-hydrogen) atoms. The number of benzene rings is 1. The van der Waals surface area contributed by atoms with E-state index >= 15 is 0 Å². The summed E-state index contributed by atoms with van der Waals surface area (Å²) in [4.78, 5) is 11.5. The molecule has 5 heteroatoms. The minimum Gasteiger partial charge on any atom is -0.378 e. The lowest BCUT2D eigenvalue weighted by Crippen LogP contribution is -2.19. The topological polar surface area (TPSA) is 59.0 Å². The van der Waals surface area contributed by atoms with E-state index < -0.39 is 0 Å². The van der Waals surface area contributed by atoms with Gasteiger partial charge >= 0.3 is 0 Å². The van der Waals surface area contributed by atoms with Crippen LogP contribution in [-0.2, 0) is 13.5 Å². The minimum absolute atomic E-state index is 0.0613. The summed E-state index contributed by atoms with van der Waals surface area (Å²) in [5.74, 6) is -0.0613. The molecule has 0 fully saturated rings. The number of anilines is 1. The van der Waals surface area contributed by atoms with Crippen LogP contribution < -0.4 is 10.6 Å². The van der Waals surface area contributed by atoms with Crippen LogP contribution in [0.25, 0.3) is 0 Å². The van der Waals surface area contributed by atoms with Crippen LogP contribution in [0.5, 0.6) is 0 Å². The number of hydrogen-bond acceptors (Lipinski definition) is 3. The molecule has 1 aliphatic rings. The van der Waals surface area contributed by atoms with Gasteiger partial charge in [0.05, 0.1) is 12.2 Å². The Hall–Kier alpha value is -2.30. The lowest BCUT2D eigenvalue weighted by Gasteiger charge is -2.24. The van der Waals surface area contributed by atoms with E-state index in [1.165, 1.54) is 17.7 Å². The van der Waals surface area contributed by atoms with E-state index in [9.17, 15) is 4.79 Å². The average Bonchev–Trinajstić information content (AvgIpc) is 2.90. The first-order valence-corrected chi connectivity index (χ1v) is 7.28. The Balaban J connectivity index is 1.77. The number of rotatable bonds is 3. The fourth-order valence-electron chi connectivity index (χ4n) is 2.92. The van der Waals surface area contributed by atoms with Gasteiger partial charge in [-0.3, -0.25) is 9.48 Å². The zero-order chi connectivity index (χ0) is 14.8. The Kier molecular flexibility index (Phi) is 3.64. The Bertz CT molecular complexity index is 645. The number of hydrogen-bond donors (Lipinski definition) is 2. The molecule has 0 aliphatic heterocycles. The van der Waals surface area contributed by atoms with E-state index in [0.29, 0.717) is 11.6 Å². The van der Waals surface area contributed by atoms with Crippen molar-refractivity contribution < 1.29 is 4.79 Å². The molecule has 0 spiro atoms. The third-order valence-corrected chi connectivity index (χ3v) is 4.09. The highest BCUT2D eigenvalue weighted by atomic mass is 16.1. The first-order chi connectivity index (χ1) is 10.2. The van der Waals surface area contributed by atoms with Crippen LogP contribution in [0.3, 0.4) is 0 Å². The summed E-state index contributed by atoms with van der Waals surface area (Å²) < 4.78 is 1.97. The SMILES string of the molecule is CNC(=O)c1ccc(NC2CCCc3c2cnn3C)cc1. The molecule has 1 aromatic heterocycles. The lowest BCUT2D eigenvalue weighted by atomic mass is 9.93. The normalized spacial score (nSPS) is 17.1. The first-order valence-electron chi connectivity index (χ1n) is 7.28. The average molecular weight is 284 g/mol. The van der Waals surface area contributed by atoms with Gasteiger partial charge in [-0.15, -0.1) is 0 Å². The Labute approximate surface area is 124 Å². The number of nitrogens with zero attached hydrogens (tertiary/aromatic N) is 2. The predicted octanol–water partition coefficient (Wildman–Crippen LogP) is 2.27. The van der Waals surface area contributed by atoms with E-state index in [4.69, 9.17) is 0 Å². The van der Waals surface area contributed by atoms with Crippen LogP contribution in [0.4, 0.5) is 5.69 Å². The number of nitrogens with one attached hydrogen (secondary N) is 2. The van der Waals surface area contributed by atoms with Crippen molar-refractivity contribution in [2.45, 2.75) is 25.3 Å². The summed E-state index contributed by atoms with van der Waals surface area (Å²) in [6.45, 7) is 0. The van der Waals surface area contributed by atoms with Gasteiger partial charge in [0.2, 0.25) is 0 Å². The van der Waals surface area contributed by atoms with Gasteiger partial charge < -0.3 is 10.6 Å². The van der Waals surface area contributed by atoms with Gasteiger partial charge in [-0.05, 0) is 43.5 Å². The number of aryl methyl sites for hydroxylation is 1. The molecule has 110 valence electrons. The van der Waals surface area contributed by atoms with Crippen LogP contribution >= 0.6 is 0 Å². The zero-order valence-corrected chi connectivity index (χ0v) is 12.4. The van der Waals surface area contributed by atoms with E-state index in [0.717, 1.165) is 18.5 Å². The van der Waals surface area contributed by atoms with Gasteiger partial charge in [0.15, 0.2) is 0 Å². The Morgan fingerprint density at radius 3 is 2.81 bits per heavy atom. The second-order valence-electron chi connectivity index (χ2n) is 5.42. The second kappa shape index (κ2) is 5.60. The van der Waals surface area contributed by atoms with Crippen molar-refractivity contribution in [2.75, 3.05) is 12.4 Å². The van der Waals surface area contributed by atoms with Crippen molar-refractivity contribution in [3.63, 3.8) is 0 Å². The molecule has 1 atom stereocenters. The van der Waals surface area contributed by atoms with Crippen molar-refractivity contribution in [2.24, 2.45) is 7.05 Å². The molecule has 5 nitrogen and oxygen atoms in total. The Morgan fingerprint density at radius 1 is 1.33 bits per heavy atom. The minimum atomic E-state index is -0.0613. The summed E-state index contributed by atoms with van der Waals surface area (Å²) in [5.41, 5.74) is 4.32. The molecule has 1 aromatic carbocycles. The van der Waals surface area contributed by atoms with Gasteiger partial charge in [0.1, 0.15) is 0 Å². The summed E-state index contributed by atoms with van der Waals surface area (Å²) in [6.07, 6.45) is 5.33. The van der Waals surface area contributed by atoms with Crippen molar-refractivity contribution >= 4 is 11.6 Å². The maximum Gasteiger partial charge on any atom is 0.251 e. The largest absolute Gasteiger partial charge is 0.378 e. The number of carbonyl (C=O) groups excluding carboxylic acids is 1. The van der Waals surface area contributed by atoms with Crippen molar-refractivity contribution in [1.82, 2.24) is 15.1 Å². The molecular weight excluding hydrogens is 264 g/mol. The van der Waals surface area contributed by atoms with E-state index in [-0.39, 0.29) is 5.91 Å². The maximum absolute atomic E-state index is 11.5. The van der Waals surface area contributed by atoms with E-state index in [1.54, 1.807) is 7.05 Å². The quantitative estimate of drug-likeness (QED) is 0.909. The highest BCUT2D eigenvalue weighted by molar-refractivity contribution is 5.94. The van der Waals surface area contributed by atoms with Gasteiger partial charge in [0.25, 0.3) is 5.91 Å². The van der Waals surface area contributed by atoms with Crippen LogP contribution in [0.1, 0.15) is 40.5 Å². The molecule has 2 aromatic rings. The summed E-state index contributed by atoms with van der Waals surface area (Å²) in [7, 11) is 3.64. The third-order valence-electron chi connectivity index (χ3n) is 4.09. The van der Waals surface area contributed by atoms with Gasteiger partial charge in [-0.25, -0.2) is 0 Å². The molecule has 0 radical (unpaired) electrons. The van der Waals surface area contributed by atoms with Gasteiger partial charge in [0, 0.05) is 36.6 Å². The third kappa shape index (κ3) is 2.63. The summed E-state index contributed by atoms with van der Waals surface area (Å²) >= 11 is 0. The van der Waals surface area contributed by atoms with E-state index in [1.807, 2.05) is 42.2 Å². The molecule has 0 saturated carbocycles. The monoisotopic (exact) mass is 284 g/mol. The van der Waals surface area contributed by atoms with Crippen molar-refractivity contribution in [3.8, 4) is 0 Å². The molecule has 1 amide bonds. The van der Waals surface area contributed by atoms with Crippen LogP contribution in [0, 0.1) is 0 Å². The van der Waals surface area contributed by atoms with E-state index in [2.05, 4.69) is 15.7 Å². The molecule has 0 saturated heterocycles. The molecule has 1 unspecified atom stereocenters. The number of amides is 1. The molecule has 2 N–H and O–H groups in total. The summed E-state index contributed by atoms with van der Waals surface area (Å²) in [6, 6.07) is 7.89. The highest BCUT2D eigenvalue weighted by Crippen LogP contribution is 2.32. The molecule has 3 rings (SSSR count). The molecule has 1 heterocycles. The lowest BCUT2D eigenvalue weighted by molar-refractivity contribution is 0.0963. The van der Waals surface area contributed by atoms with Crippen molar-refractivity contribution in [1.29, 1.82) is 0 Å². The number of fused-ring (bicyclic) bond motifs is 1. The molecule has 0 bridgehead atoms. The fourth-order valence-corrected chi connectivity index (χ4v) is 2.92. The summed E-state index contributed by atoms with van der Waals surface area (Å²) in [5, 5.41) is 10.5. The predicted molar refractivity (Wildman–Crippen MR) is 82.3 cm³/mol. The zero-order valence-electron chi connectivity index (χ0n) is 12.4. The van der Waals surface area contributed by atoms with Crippen LogP contribution in [-0.4, -0.2) is 22.7 Å². The smallest absolute Gasteiger partial charge is 0.251 e. The van der Waals surface area contributed by atoms with Crippen molar-refractivity contribution in [3.05, 3.63) is 47.3 Å². The number of aromatic nitrogens is 2. The standard InChI is InChI=1S/C16H20N4O/c1-17-16(21)11-6-8-12(9-7-11)19-14-4-3-5-15-13(14)10-18-20(15)2/h6-10,14,19H,3-5H2,1-2H3,(H,17,21). The Morgan fingerprint density at radius 2 is 2.10 bits per heavy atom. The fraction of sp³-hybridized carbons (Fsp3) is 0.375. The first kappa shape index (κ1) is 13.7. The second-order valence-corrected chi connectivity index (χ2v) is 5.42. The van der Waals surface area contributed by atoms with Gasteiger partial charge in [-0.2, -0.15) is 5.10 Å². The van der Waals surface area contributed by atoms with Crippen LogP contribution in [0.2, 0.25) is 0 Å². The maximum atomic E-state index is 11.5.